The van der Waals surface area contributed by atoms with Gasteiger partial charge in [-0.3, -0.25) is 4.55 Å². The molecule has 1 aliphatic heterocycles. The summed E-state index contributed by atoms with van der Waals surface area (Å²) in [6, 6.07) is 15.9. The Balaban J connectivity index is 0.000000399. The maximum Gasteiger partial charge on any atom is 0.261 e. The van der Waals surface area contributed by atoms with E-state index in [1.165, 1.54) is 0 Å². The fourth-order valence-corrected chi connectivity index (χ4v) is 2.43. The first-order chi connectivity index (χ1) is 11.8. The van der Waals surface area contributed by atoms with Crippen LogP contribution in [0.15, 0.2) is 59.6 Å². The molecule has 25 heavy (non-hydrogen) atoms. The van der Waals surface area contributed by atoms with Gasteiger partial charge in [0, 0.05) is 23.3 Å². The molecule has 7 heteroatoms. The average molecular weight is 380 g/mol. The third kappa shape index (κ3) is 6.10. The second-order valence-electron chi connectivity index (χ2n) is 5.29. The molecule has 0 saturated carbocycles. The SMILES string of the molecule is COC1C=Cc2ccc(Cl)cc2C(c2ccccc2)=N1.CS(=O)(=O)O. The van der Waals surface area contributed by atoms with Gasteiger partial charge in [0.15, 0.2) is 6.23 Å². The zero-order valence-electron chi connectivity index (χ0n) is 13.8. The van der Waals surface area contributed by atoms with Gasteiger partial charge in [0.1, 0.15) is 0 Å². The number of ether oxygens (including phenoxy) is 1. The van der Waals surface area contributed by atoms with Crippen molar-refractivity contribution < 1.29 is 17.7 Å². The molecule has 0 amide bonds. The molecule has 0 fully saturated rings. The maximum atomic E-state index is 9.19. The molecule has 0 aromatic heterocycles. The first-order valence-electron chi connectivity index (χ1n) is 7.34. The Bertz CT molecular complexity index is 885. The molecule has 0 spiro atoms. The monoisotopic (exact) mass is 379 g/mol. The molecule has 0 aliphatic carbocycles. The highest BCUT2D eigenvalue weighted by atomic mass is 35.5. The lowest BCUT2D eigenvalue weighted by molar-refractivity contribution is 0.149. The summed E-state index contributed by atoms with van der Waals surface area (Å²) in [7, 11) is -2.01. The van der Waals surface area contributed by atoms with Crippen LogP contribution in [0.2, 0.25) is 5.02 Å². The standard InChI is InChI=1S/C17H14ClNO.CH4O3S/c1-20-16-10-8-12-7-9-14(18)11-15(12)17(19-16)13-5-3-2-4-6-13;1-5(2,3)4/h2-11,16H,1H3;1H3,(H,2,3,4). The van der Waals surface area contributed by atoms with E-state index in [2.05, 4.69) is 0 Å². The summed E-state index contributed by atoms with van der Waals surface area (Å²) in [6.45, 7) is 0. The van der Waals surface area contributed by atoms with Crippen LogP contribution in [-0.2, 0) is 14.9 Å². The second kappa shape index (κ2) is 8.40. The summed E-state index contributed by atoms with van der Waals surface area (Å²) < 4.78 is 31.2. The van der Waals surface area contributed by atoms with E-state index in [0.29, 0.717) is 11.3 Å². The molecule has 2 aromatic carbocycles. The number of halogens is 1. The first kappa shape index (κ1) is 19.3. The summed E-state index contributed by atoms with van der Waals surface area (Å²) in [5.41, 5.74) is 4.08. The smallest absolute Gasteiger partial charge is 0.261 e. The number of fused-ring (bicyclic) bond motifs is 1. The maximum absolute atomic E-state index is 9.19. The Morgan fingerprint density at radius 1 is 1.16 bits per heavy atom. The lowest BCUT2D eigenvalue weighted by Gasteiger charge is -2.11. The Morgan fingerprint density at radius 2 is 1.80 bits per heavy atom. The Labute approximate surface area is 152 Å². The van der Waals surface area contributed by atoms with Gasteiger partial charge in [-0.1, -0.05) is 54.1 Å². The van der Waals surface area contributed by atoms with Crippen molar-refractivity contribution in [3.63, 3.8) is 0 Å². The van der Waals surface area contributed by atoms with Crippen LogP contribution < -0.4 is 0 Å². The van der Waals surface area contributed by atoms with Gasteiger partial charge in [-0.15, -0.1) is 0 Å². The van der Waals surface area contributed by atoms with Crippen molar-refractivity contribution in [2.24, 2.45) is 4.99 Å². The van der Waals surface area contributed by atoms with E-state index < -0.39 is 10.1 Å². The molecular formula is C18H18ClNO4S. The van der Waals surface area contributed by atoms with E-state index in [1.54, 1.807) is 7.11 Å². The normalized spacial score (nSPS) is 16.2. The predicted molar refractivity (Wildman–Crippen MR) is 101 cm³/mol. The topological polar surface area (TPSA) is 76.0 Å². The Hall–Kier alpha value is -1.99. The Kier molecular flexibility index (Phi) is 6.50. The van der Waals surface area contributed by atoms with Crippen molar-refractivity contribution in [3.8, 4) is 0 Å². The highest BCUT2D eigenvalue weighted by Crippen LogP contribution is 2.24. The molecule has 3 rings (SSSR count). The average Bonchev–Trinajstić information content (AvgIpc) is 2.73. The van der Waals surface area contributed by atoms with Gasteiger partial charge in [-0.25, -0.2) is 4.99 Å². The van der Waals surface area contributed by atoms with Crippen molar-refractivity contribution >= 4 is 33.5 Å². The van der Waals surface area contributed by atoms with Crippen LogP contribution in [0.25, 0.3) is 6.08 Å². The van der Waals surface area contributed by atoms with Gasteiger partial charge < -0.3 is 4.74 Å². The van der Waals surface area contributed by atoms with Crippen molar-refractivity contribution in [2.75, 3.05) is 13.4 Å². The molecule has 1 N–H and O–H groups in total. The lowest BCUT2D eigenvalue weighted by Crippen LogP contribution is -2.10. The molecular weight excluding hydrogens is 362 g/mol. The molecule has 1 unspecified atom stereocenters. The molecule has 1 aliphatic rings. The number of hydrogen-bond acceptors (Lipinski definition) is 4. The number of methoxy groups -OCH3 is 1. The second-order valence-corrected chi connectivity index (χ2v) is 7.20. The Morgan fingerprint density at radius 3 is 2.40 bits per heavy atom. The highest BCUT2D eigenvalue weighted by molar-refractivity contribution is 7.85. The van der Waals surface area contributed by atoms with E-state index >= 15 is 0 Å². The minimum absolute atomic E-state index is 0.281. The van der Waals surface area contributed by atoms with Crippen LogP contribution in [0.1, 0.15) is 16.7 Å². The van der Waals surface area contributed by atoms with Gasteiger partial charge >= 0.3 is 0 Å². The largest absolute Gasteiger partial charge is 0.356 e. The van der Waals surface area contributed by atoms with E-state index in [0.717, 1.165) is 22.4 Å². The fraction of sp³-hybridized carbons (Fsp3) is 0.167. The summed E-state index contributed by atoms with van der Waals surface area (Å²) in [5, 5.41) is 0.705. The first-order valence-corrected chi connectivity index (χ1v) is 9.57. The number of rotatable bonds is 2. The van der Waals surface area contributed by atoms with Gasteiger partial charge in [-0.05, 0) is 23.8 Å². The summed E-state index contributed by atoms with van der Waals surface area (Å²) in [5.74, 6) is 0. The van der Waals surface area contributed by atoms with Crippen molar-refractivity contribution in [1.29, 1.82) is 0 Å². The molecule has 0 radical (unpaired) electrons. The van der Waals surface area contributed by atoms with Gasteiger partial charge in [-0.2, -0.15) is 8.42 Å². The number of aliphatic imine (C=N–C) groups is 1. The van der Waals surface area contributed by atoms with Crippen molar-refractivity contribution in [3.05, 3.63) is 76.3 Å². The van der Waals surface area contributed by atoms with Crippen LogP contribution in [0, 0.1) is 0 Å². The van der Waals surface area contributed by atoms with Crippen LogP contribution in [-0.4, -0.2) is 38.3 Å². The highest BCUT2D eigenvalue weighted by Gasteiger charge is 2.16. The lowest BCUT2D eigenvalue weighted by atomic mass is 9.98. The number of hydrogen-bond donors (Lipinski definition) is 1. The van der Waals surface area contributed by atoms with Crippen LogP contribution in [0.3, 0.4) is 0 Å². The quantitative estimate of drug-likeness (QED) is 0.807. The zero-order chi connectivity index (χ0) is 18.4. The fourth-order valence-electron chi connectivity index (χ4n) is 2.26. The predicted octanol–water partition coefficient (Wildman–Crippen LogP) is 3.68. The van der Waals surface area contributed by atoms with Gasteiger partial charge in [0.05, 0.1) is 12.0 Å². The minimum Gasteiger partial charge on any atom is -0.356 e. The number of nitrogens with zero attached hydrogens (tertiary/aromatic N) is 1. The van der Waals surface area contributed by atoms with Crippen molar-refractivity contribution in [1.82, 2.24) is 0 Å². The molecule has 5 nitrogen and oxygen atoms in total. The molecule has 1 atom stereocenters. The molecule has 2 aromatic rings. The molecule has 1 heterocycles. The third-order valence-corrected chi connectivity index (χ3v) is 3.49. The van der Waals surface area contributed by atoms with E-state index in [1.807, 2.05) is 60.7 Å². The zero-order valence-corrected chi connectivity index (χ0v) is 15.3. The van der Waals surface area contributed by atoms with Crippen LogP contribution in [0.4, 0.5) is 0 Å². The van der Waals surface area contributed by atoms with Gasteiger partial charge in [0.25, 0.3) is 10.1 Å². The summed E-state index contributed by atoms with van der Waals surface area (Å²) >= 11 is 6.14. The summed E-state index contributed by atoms with van der Waals surface area (Å²) in [6.07, 6.45) is 4.41. The van der Waals surface area contributed by atoms with Crippen LogP contribution in [0.5, 0.6) is 0 Å². The van der Waals surface area contributed by atoms with E-state index in [4.69, 9.17) is 25.9 Å². The molecule has 132 valence electrons. The molecule has 0 bridgehead atoms. The number of benzene rings is 2. The summed E-state index contributed by atoms with van der Waals surface area (Å²) in [4.78, 5) is 4.70. The van der Waals surface area contributed by atoms with Gasteiger partial charge in [0.2, 0.25) is 0 Å². The third-order valence-electron chi connectivity index (χ3n) is 3.26. The minimum atomic E-state index is -3.67. The van der Waals surface area contributed by atoms with E-state index in [9.17, 15) is 8.42 Å². The van der Waals surface area contributed by atoms with Crippen LogP contribution >= 0.6 is 11.6 Å². The molecule has 0 saturated heterocycles. The van der Waals surface area contributed by atoms with E-state index in [-0.39, 0.29) is 6.23 Å². The van der Waals surface area contributed by atoms with Crippen molar-refractivity contribution in [2.45, 2.75) is 6.23 Å².